The van der Waals surface area contributed by atoms with E-state index in [4.69, 9.17) is 34.3 Å². The Morgan fingerprint density at radius 1 is 1.26 bits per heavy atom. The molecule has 0 radical (unpaired) electrons. The maximum absolute atomic E-state index is 13.1. The molecule has 0 heterocycles. The smallest absolute Gasteiger partial charge is 0.144 e. The first-order valence-electron chi connectivity index (χ1n) is 5.19. The quantitative estimate of drug-likeness (QED) is 0.808. The van der Waals surface area contributed by atoms with Crippen molar-refractivity contribution in [3.63, 3.8) is 0 Å². The van der Waals surface area contributed by atoms with Gasteiger partial charge in [-0.1, -0.05) is 23.8 Å². The molecule has 0 saturated heterocycles. The minimum absolute atomic E-state index is 0.212. The van der Waals surface area contributed by atoms with Gasteiger partial charge in [0.2, 0.25) is 0 Å². The predicted octanol–water partition coefficient (Wildman–Crippen LogP) is 4.67. The molecule has 0 bridgehead atoms. The summed E-state index contributed by atoms with van der Waals surface area (Å²) in [6, 6.07) is 9.08. The van der Waals surface area contributed by atoms with Crippen LogP contribution in [0.2, 0.25) is 5.02 Å². The van der Waals surface area contributed by atoms with Gasteiger partial charge in [-0.25, -0.2) is 4.39 Å². The molecule has 2 aromatic carbocycles. The molecule has 0 aliphatic carbocycles. The highest BCUT2D eigenvalue weighted by molar-refractivity contribution is 9.10. The molecule has 2 rings (SSSR count). The Balaban J connectivity index is 2.31. The van der Waals surface area contributed by atoms with Crippen LogP contribution in [0.25, 0.3) is 0 Å². The van der Waals surface area contributed by atoms with Crippen LogP contribution in [0.4, 0.5) is 4.39 Å². The summed E-state index contributed by atoms with van der Waals surface area (Å²) in [7, 11) is 0. The largest absolute Gasteiger partial charge is 0.456 e. The zero-order chi connectivity index (χ0) is 14.0. The lowest BCUT2D eigenvalue weighted by Gasteiger charge is -2.09. The lowest BCUT2D eigenvalue weighted by molar-refractivity contribution is 0.473. The van der Waals surface area contributed by atoms with E-state index < -0.39 is 0 Å². The molecule has 0 amide bonds. The second kappa shape index (κ2) is 5.86. The Hall–Kier alpha value is -1.17. The lowest BCUT2D eigenvalue weighted by Crippen LogP contribution is -2.09. The summed E-state index contributed by atoms with van der Waals surface area (Å²) in [6.45, 7) is 0. The van der Waals surface area contributed by atoms with Gasteiger partial charge in [0.25, 0.3) is 0 Å². The molecule has 2 nitrogen and oxygen atoms in total. The van der Waals surface area contributed by atoms with E-state index in [9.17, 15) is 4.39 Å². The van der Waals surface area contributed by atoms with Crippen LogP contribution >= 0.6 is 39.7 Å². The fourth-order valence-corrected chi connectivity index (χ4v) is 2.28. The highest BCUT2D eigenvalue weighted by atomic mass is 79.9. The van der Waals surface area contributed by atoms with Crippen LogP contribution in [-0.2, 0) is 0 Å². The fraction of sp³-hybridized carbons (Fsp3) is 0. The summed E-state index contributed by atoms with van der Waals surface area (Å²) in [5.74, 6) is 0.444. The van der Waals surface area contributed by atoms with Crippen molar-refractivity contribution in [1.82, 2.24) is 0 Å². The maximum Gasteiger partial charge on any atom is 0.144 e. The van der Waals surface area contributed by atoms with E-state index in [2.05, 4.69) is 15.9 Å². The number of ether oxygens (including phenoxy) is 1. The molecule has 0 aliphatic heterocycles. The van der Waals surface area contributed by atoms with Gasteiger partial charge >= 0.3 is 0 Å². The number of hydrogen-bond acceptors (Lipinski definition) is 2. The SMILES string of the molecule is NC(=S)c1ccc(Oc2cc(F)ccc2Br)cc1Cl. The topological polar surface area (TPSA) is 35.2 Å². The van der Waals surface area contributed by atoms with Crippen LogP contribution in [0.5, 0.6) is 11.5 Å². The minimum Gasteiger partial charge on any atom is -0.456 e. The van der Waals surface area contributed by atoms with Gasteiger partial charge in [-0.05, 0) is 40.2 Å². The summed E-state index contributed by atoms with van der Waals surface area (Å²) in [5, 5.41) is 0.387. The number of rotatable bonds is 3. The van der Waals surface area contributed by atoms with Crippen molar-refractivity contribution in [1.29, 1.82) is 0 Å². The molecule has 98 valence electrons. The average molecular weight is 361 g/mol. The summed E-state index contributed by atoms with van der Waals surface area (Å²) in [5.41, 5.74) is 6.08. The first-order chi connectivity index (χ1) is 8.97. The zero-order valence-electron chi connectivity index (χ0n) is 9.49. The predicted molar refractivity (Wildman–Crippen MR) is 81.5 cm³/mol. The maximum atomic E-state index is 13.1. The molecular formula is C13H8BrClFNOS. The van der Waals surface area contributed by atoms with E-state index in [0.717, 1.165) is 0 Å². The fourth-order valence-electron chi connectivity index (χ4n) is 1.44. The van der Waals surface area contributed by atoms with Crippen LogP contribution in [0, 0.1) is 5.82 Å². The molecular weight excluding hydrogens is 353 g/mol. The van der Waals surface area contributed by atoms with Crippen molar-refractivity contribution < 1.29 is 9.13 Å². The van der Waals surface area contributed by atoms with E-state index in [0.29, 0.717) is 26.6 Å². The van der Waals surface area contributed by atoms with E-state index in [1.165, 1.54) is 12.1 Å². The molecule has 0 aliphatic rings. The van der Waals surface area contributed by atoms with Crippen molar-refractivity contribution in [2.24, 2.45) is 5.73 Å². The average Bonchev–Trinajstić information content (AvgIpc) is 2.33. The van der Waals surface area contributed by atoms with Crippen LogP contribution in [0.15, 0.2) is 40.9 Å². The number of benzene rings is 2. The van der Waals surface area contributed by atoms with Crippen molar-refractivity contribution in [2.45, 2.75) is 0 Å². The molecule has 0 aromatic heterocycles. The van der Waals surface area contributed by atoms with Crippen LogP contribution in [0.3, 0.4) is 0 Å². The second-order valence-corrected chi connectivity index (χ2v) is 5.38. The van der Waals surface area contributed by atoms with Gasteiger partial charge < -0.3 is 10.5 Å². The van der Waals surface area contributed by atoms with E-state index in [-0.39, 0.29) is 10.8 Å². The van der Waals surface area contributed by atoms with E-state index >= 15 is 0 Å². The van der Waals surface area contributed by atoms with Crippen molar-refractivity contribution in [3.8, 4) is 11.5 Å². The third-order valence-corrected chi connectivity index (χ3v) is 3.51. The van der Waals surface area contributed by atoms with Gasteiger partial charge in [-0.15, -0.1) is 0 Å². The highest BCUT2D eigenvalue weighted by Gasteiger charge is 2.08. The standard InChI is InChI=1S/C13H8BrClFNOS/c14-10-4-1-7(16)5-12(10)18-8-2-3-9(13(17)19)11(15)6-8/h1-6H,(H2,17,19). The van der Waals surface area contributed by atoms with Gasteiger partial charge in [-0.2, -0.15) is 0 Å². The summed E-state index contributed by atoms with van der Waals surface area (Å²) in [4.78, 5) is 0.212. The second-order valence-electron chi connectivity index (χ2n) is 3.68. The van der Waals surface area contributed by atoms with Crippen molar-refractivity contribution in [3.05, 3.63) is 57.3 Å². The Labute approximate surface area is 128 Å². The molecule has 0 unspecified atom stereocenters. The molecule has 0 fully saturated rings. The number of halogens is 3. The molecule has 2 aromatic rings. The normalized spacial score (nSPS) is 10.3. The first-order valence-corrected chi connectivity index (χ1v) is 6.77. The molecule has 2 N–H and O–H groups in total. The molecule has 0 spiro atoms. The Morgan fingerprint density at radius 3 is 2.63 bits per heavy atom. The number of thiocarbonyl (C=S) groups is 1. The van der Waals surface area contributed by atoms with E-state index in [1.54, 1.807) is 24.3 Å². The summed E-state index contributed by atoms with van der Waals surface area (Å²) >= 11 is 14.2. The van der Waals surface area contributed by atoms with Crippen molar-refractivity contribution >= 4 is 44.7 Å². The van der Waals surface area contributed by atoms with Gasteiger partial charge in [-0.3, -0.25) is 0 Å². The molecule has 0 atom stereocenters. The minimum atomic E-state index is -0.385. The Kier molecular flexibility index (Phi) is 4.39. The third-order valence-electron chi connectivity index (χ3n) is 2.33. The number of hydrogen-bond donors (Lipinski definition) is 1. The van der Waals surface area contributed by atoms with Crippen LogP contribution in [0.1, 0.15) is 5.56 Å². The van der Waals surface area contributed by atoms with E-state index in [1.807, 2.05) is 0 Å². The van der Waals surface area contributed by atoms with Gasteiger partial charge in [0.1, 0.15) is 22.3 Å². The molecule has 6 heteroatoms. The first kappa shape index (κ1) is 14.2. The van der Waals surface area contributed by atoms with Gasteiger partial charge in [0, 0.05) is 17.7 Å². The Morgan fingerprint density at radius 2 is 2.00 bits per heavy atom. The van der Waals surface area contributed by atoms with Crippen molar-refractivity contribution in [2.75, 3.05) is 0 Å². The monoisotopic (exact) mass is 359 g/mol. The molecule has 19 heavy (non-hydrogen) atoms. The van der Waals surface area contributed by atoms with Gasteiger partial charge in [0.05, 0.1) is 9.50 Å². The van der Waals surface area contributed by atoms with Crippen LogP contribution < -0.4 is 10.5 Å². The lowest BCUT2D eigenvalue weighted by atomic mass is 10.2. The highest BCUT2D eigenvalue weighted by Crippen LogP contribution is 2.32. The number of nitrogens with two attached hydrogens (primary N) is 1. The third kappa shape index (κ3) is 3.43. The summed E-state index contributed by atoms with van der Waals surface area (Å²) < 4.78 is 19.3. The summed E-state index contributed by atoms with van der Waals surface area (Å²) in [6.07, 6.45) is 0. The van der Waals surface area contributed by atoms with Crippen LogP contribution in [-0.4, -0.2) is 4.99 Å². The molecule has 0 saturated carbocycles. The zero-order valence-corrected chi connectivity index (χ0v) is 12.7. The Bertz CT molecular complexity index is 651. The van der Waals surface area contributed by atoms with Gasteiger partial charge in [0.15, 0.2) is 0 Å².